The van der Waals surface area contributed by atoms with Crippen LogP contribution in [-0.2, 0) is 0 Å². The molecule has 0 radical (unpaired) electrons. The van der Waals surface area contributed by atoms with Crippen molar-refractivity contribution in [1.29, 1.82) is 0 Å². The maximum atomic E-state index is 6.52. The summed E-state index contributed by atoms with van der Waals surface area (Å²) >= 11 is 24.5. The average molecular weight is 342 g/mol. The van der Waals surface area contributed by atoms with E-state index < -0.39 is 5.00 Å². The van der Waals surface area contributed by atoms with E-state index in [9.17, 15) is 0 Å². The predicted octanol–water partition coefficient (Wildman–Crippen LogP) is 6.98. The van der Waals surface area contributed by atoms with Crippen LogP contribution in [0.25, 0.3) is 0 Å². The fraction of sp³-hybridized carbons (Fsp3) is 0.538. The molecule has 0 heterocycles. The molecule has 1 aromatic carbocycles. The van der Waals surface area contributed by atoms with Gasteiger partial charge in [0.2, 0.25) is 0 Å². The molecule has 0 saturated carbocycles. The molecule has 0 aliphatic rings. The van der Waals surface area contributed by atoms with E-state index in [1.54, 1.807) is 12.1 Å². The van der Waals surface area contributed by atoms with Crippen LogP contribution in [0.3, 0.4) is 0 Å². The third-order valence-electron chi connectivity index (χ3n) is 2.90. The van der Waals surface area contributed by atoms with Gasteiger partial charge in [-0.05, 0) is 24.0 Å². The van der Waals surface area contributed by atoms with Gasteiger partial charge in [0.1, 0.15) is 5.69 Å². The molecule has 0 bridgehead atoms. The molecule has 106 valence electrons. The van der Waals surface area contributed by atoms with Crippen LogP contribution in [-0.4, -0.2) is 5.00 Å². The highest BCUT2D eigenvalue weighted by Crippen LogP contribution is 2.40. The molecule has 0 spiro atoms. The molecule has 0 aromatic heterocycles. The maximum Gasteiger partial charge on any atom is 0.159 e. The van der Waals surface area contributed by atoms with Crippen molar-refractivity contribution in [3.05, 3.63) is 27.2 Å². The number of nitrogens with zero attached hydrogens (tertiary/aromatic N) is 2. The molecule has 0 aliphatic carbocycles. The highest BCUT2D eigenvalue weighted by atomic mass is 35.5. The molecule has 0 saturated heterocycles. The summed E-state index contributed by atoms with van der Waals surface area (Å²) in [5.74, 6) is 0.255. The molecule has 0 aliphatic heterocycles. The van der Waals surface area contributed by atoms with Crippen LogP contribution in [0.5, 0.6) is 0 Å². The molecular weight excluding hydrogens is 326 g/mol. The number of hydrogen-bond donors (Lipinski definition) is 0. The second-order valence-corrected chi connectivity index (χ2v) is 6.81. The van der Waals surface area contributed by atoms with Gasteiger partial charge in [-0.1, -0.05) is 74.1 Å². The summed E-state index contributed by atoms with van der Waals surface area (Å²) in [6, 6.07) is 3.15. The first-order valence-electron chi connectivity index (χ1n) is 5.94. The minimum Gasteiger partial charge on any atom is -0.165 e. The zero-order valence-electron chi connectivity index (χ0n) is 11.2. The Morgan fingerprint density at radius 1 is 0.947 bits per heavy atom. The minimum absolute atomic E-state index is 0.128. The molecule has 0 N–H and O–H groups in total. The van der Waals surface area contributed by atoms with Gasteiger partial charge in [-0.25, -0.2) is 0 Å². The lowest BCUT2D eigenvalue weighted by molar-refractivity contribution is 0.325. The number of rotatable bonds is 4. The highest BCUT2D eigenvalue weighted by Gasteiger charge is 2.35. The van der Waals surface area contributed by atoms with Crippen molar-refractivity contribution < 1.29 is 0 Å². The van der Waals surface area contributed by atoms with Gasteiger partial charge in [-0.2, -0.15) is 10.2 Å². The molecule has 0 unspecified atom stereocenters. The van der Waals surface area contributed by atoms with Crippen LogP contribution in [0, 0.1) is 11.8 Å². The standard InChI is InChI=1S/C13H16Cl4N2/c1-7(2)13(17,8(3)4)19-18-12-10(15)5-9(14)6-11(12)16/h5-8H,1-4H3. The van der Waals surface area contributed by atoms with Crippen molar-refractivity contribution in [1.82, 2.24) is 0 Å². The van der Waals surface area contributed by atoms with Gasteiger partial charge in [0.25, 0.3) is 0 Å². The zero-order chi connectivity index (χ0) is 14.8. The third-order valence-corrected chi connectivity index (χ3v) is 4.65. The Morgan fingerprint density at radius 2 is 1.37 bits per heavy atom. The van der Waals surface area contributed by atoms with Crippen molar-refractivity contribution in [3.63, 3.8) is 0 Å². The lowest BCUT2D eigenvalue weighted by Gasteiger charge is -2.29. The highest BCUT2D eigenvalue weighted by molar-refractivity contribution is 6.41. The van der Waals surface area contributed by atoms with Crippen molar-refractivity contribution in [3.8, 4) is 0 Å². The van der Waals surface area contributed by atoms with E-state index in [1.807, 2.05) is 27.7 Å². The lowest BCUT2D eigenvalue weighted by atomic mass is 9.93. The Kier molecular flexibility index (Phi) is 5.94. The van der Waals surface area contributed by atoms with Gasteiger partial charge in [0.15, 0.2) is 5.00 Å². The van der Waals surface area contributed by atoms with E-state index in [1.165, 1.54) is 0 Å². The predicted molar refractivity (Wildman–Crippen MR) is 84.2 cm³/mol. The van der Waals surface area contributed by atoms with Crippen molar-refractivity contribution in [2.75, 3.05) is 0 Å². The van der Waals surface area contributed by atoms with Gasteiger partial charge in [0, 0.05) is 5.02 Å². The van der Waals surface area contributed by atoms with Gasteiger partial charge < -0.3 is 0 Å². The molecule has 19 heavy (non-hydrogen) atoms. The van der Waals surface area contributed by atoms with Crippen LogP contribution >= 0.6 is 46.4 Å². The van der Waals surface area contributed by atoms with E-state index in [2.05, 4.69) is 10.2 Å². The SMILES string of the molecule is CC(C)C(Cl)(N=Nc1c(Cl)cc(Cl)cc1Cl)C(C)C. The Morgan fingerprint density at radius 3 is 1.74 bits per heavy atom. The fourth-order valence-electron chi connectivity index (χ4n) is 1.65. The lowest BCUT2D eigenvalue weighted by Crippen LogP contribution is -2.31. The van der Waals surface area contributed by atoms with E-state index in [0.717, 1.165) is 0 Å². The first-order chi connectivity index (χ1) is 8.68. The molecule has 1 aromatic rings. The van der Waals surface area contributed by atoms with Crippen molar-refractivity contribution >= 4 is 52.1 Å². The van der Waals surface area contributed by atoms with Crippen LogP contribution in [0.15, 0.2) is 22.4 Å². The normalized spacial score (nSPS) is 12.9. The summed E-state index contributed by atoms with van der Waals surface area (Å²) in [5, 5.41) is 9.55. The smallest absolute Gasteiger partial charge is 0.159 e. The number of alkyl halides is 1. The molecule has 6 heteroatoms. The summed E-state index contributed by atoms with van der Waals surface area (Å²) < 4.78 is 0. The number of benzene rings is 1. The first-order valence-corrected chi connectivity index (χ1v) is 7.46. The van der Waals surface area contributed by atoms with E-state index in [4.69, 9.17) is 46.4 Å². The third kappa shape index (κ3) is 3.98. The Labute approximate surface area is 134 Å². The summed E-state index contributed by atoms with van der Waals surface area (Å²) in [6.45, 7) is 7.99. The number of halogens is 4. The first kappa shape index (κ1) is 17.0. The van der Waals surface area contributed by atoms with E-state index in [-0.39, 0.29) is 11.8 Å². The number of hydrogen-bond acceptors (Lipinski definition) is 2. The van der Waals surface area contributed by atoms with Crippen molar-refractivity contribution in [2.24, 2.45) is 22.1 Å². The van der Waals surface area contributed by atoms with Crippen molar-refractivity contribution in [2.45, 2.75) is 32.7 Å². The average Bonchev–Trinajstić information content (AvgIpc) is 2.26. The fourth-order valence-corrected chi connectivity index (χ4v) is 2.58. The summed E-state index contributed by atoms with van der Waals surface area (Å²) in [6.07, 6.45) is 0. The zero-order valence-corrected chi connectivity index (χ0v) is 14.2. The van der Waals surface area contributed by atoms with Gasteiger partial charge in [-0.3, -0.25) is 0 Å². The molecule has 0 fully saturated rings. The second kappa shape index (κ2) is 6.62. The Bertz CT molecular complexity index is 453. The molecule has 0 amide bonds. The largest absolute Gasteiger partial charge is 0.165 e. The van der Waals surface area contributed by atoms with Crippen LogP contribution in [0.2, 0.25) is 15.1 Å². The number of azo groups is 1. The Balaban J connectivity index is 3.18. The monoisotopic (exact) mass is 340 g/mol. The quantitative estimate of drug-likeness (QED) is 0.320. The van der Waals surface area contributed by atoms with E-state index >= 15 is 0 Å². The molecule has 0 atom stereocenters. The summed E-state index contributed by atoms with van der Waals surface area (Å²) in [7, 11) is 0. The van der Waals surface area contributed by atoms with Crippen LogP contribution in [0.1, 0.15) is 27.7 Å². The minimum atomic E-state index is -0.785. The maximum absolute atomic E-state index is 6.52. The summed E-state index contributed by atoms with van der Waals surface area (Å²) in [4.78, 5) is -0.785. The Hall–Kier alpha value is -0.0200. The molecular formula is C13H16Cl4N2. The van der Waals surface area contributed by atoms with Gasteiger partial charge >= 0.3 is 0 Å². The summed E-state index contributed by atoms with van der Waals surface area (Å²) in [5.41, 5.74) is 0.388. The van der Waals surface area contributed by atoms with Gasteiger partial charge in [-0.15, -0.1) is 0 Å². The van der Waals surface area contributed by atoms with Crippen LogP contribution in [0.4, 0.5) is 5.69 Å². The van der Waals surface area contributed by atoms with E-state index in [0.29, 0.717) is 20.8 Å². The molecule has 1 rings (SSSR count). The molecule has 2 nitrogen and oxygen atoms in total. The van der Waals surface area contributed by atoms with Crippen LogP contribution < -0.4 is 0 Å². The van der Waals surface area contributed by atoms with Gasteiger partial charge in [0.05, 0.1) is 10.0 Å². The second-order valence-electron chi connectivity index (χ2n) is 4.96. The topological polar surface area (TPSA) is 24.7 Å².